The average Bonchev–Trinajstić information content (AvgIpc) is 2.60. The van der Waals surface area contributed by atoms with E-state index in [2.05, 4.69) is 9.53 Å². The molecule has 0 heterocycles. The van der Waals surface area contributed by atoms with Crippen molar-refractivity contribution in [1.29, 1.82) is 0 Å². The number of alkyl halides is 3. The van der Waals surface area contributed by atoms with Crippen LogP contribution >= 0.6 is 0 Å². The number of hydrogen-bond acceptors (Lipinski definition) is 5. The van der Waals surface area contributed by atoms with E-state index in [0.717, 1.165) is 24.3 Å². The van der Waals surface area contributed by atoms with E-state index in [-0.39, 0.29) is 23.6 Å². The van der Waals surface area contributed by atoms with Crippen LogP contribution in [-0.4, -0.2) is 46.1 Å². The molecule has 0 aliphatic carbocycles. The highest BCUT2D eigenvalue weighted by Gasteiger charge is 2.49. The maximum absolute atomic E-state index is 13.1. The SMILES string of the molecule is CCOC(=O)C(=[N+]=[N-])C(CC)N(C(=O)C(F)(F)F)c1ccc([N+](=O)[O-])cc1. The van der Waals surface area contributed by atoms with Crippen molar-refractivity contribution in [2.45, 2.75) is 32.5 Å². The van der Waals surface area contributed by atoms with Crippen LogP contribution in [0.4, 0.5) is 24.5 Å². The Kier molecular flexibility index (Phi) is 7.18. The minimum Gasteiger partial charge on any atom is -0.457 e. The van der Waals surface area contributed by atoms with E-state index in [9.17, 15) is 32.9 Å². The monoisotopic (exact) mass is 388 g/mol. The molecule has 0 N–H and O–H groups in total. The summed E-state index contributed by atoms with van der Waals surface area (Å²) < 4.78 is 43.9. The quantitative estimate of drug-likeness (QED) is 0.177. The van der Waals surface area contributed by atoms with Gasteiger partial charge in [0.15, 0.2) is 0 Å². The Labute approximate surface area is 151 Å². The molecule has 0 aliphatic heterocycles. The number of rotatable bonds is 7. The number of non-ortho nitro benzene ring substituents is 1. The molecule has 9 nitrogen and oxygen atoms in total. The number of carbonyl (C=O) groups excluding carboxylic acids is 2. The molecule has 0 bridgehead atoms. The van der Waals surface area contributed by atoms with Gasteiger partial charge in [-0.3, -0.25) is 19.8 Å². The van der Waals surface area contributed by atoms with E-state index in [4.69, 9.17) is 5.53 Å². The summed E-state index contributed by atoms with van der Waals surface area (Å²) in [6, 6.07) is 2.02. The van der Waals surface area contributed by atoms with E-state index in [1.807, 2.05) is 0 Å². The Morgan fingerprint density at radius 1 is 1.30 bits per heavy atom. The lowest BCUT2D eigenvalue weighted by Crippen LogP contribution is -2.52. The second-order valence-electron chi connectivity index (χ2n) is 5.08. The van der Waals surface area contributed by atoms with Crippen molar-refractivity contribution in [3.05, 3.63) is 39.9 Å². The molecule has 0 aromatic heterocycles. The number of nitro benzene ring substituents is 1. The van der Waals surface area contributed by atoms with Crippen molar-refractivity contribution in [2.75, 3.05) is 11.5 Å². The summed E-state index contributed by atoms with van der Waals surface area (Å²) in [7, 11) is 0. The zero-order valence-corrected chi connectivity index (χ0v) is 14.3. The van der Waals surface area contributed by atoms with Crippen LogP contribution in [0.3, 0.4) is 0 Å². The van der Waals surface area contributed by atoms with Gasteiger partial charge in [0.2, 0.25) is 0 Å². The summed E-state index contributed by atoms with van der Waals surface area (Å²) in [6.45, 7) is 2.65. The van der Waals surface area contributed by atoms with Crippen molar-refractivity contribution in [3.63, 3.8) is 0 Å². The number of ether oxygens (including phenoxy) is 1. The van der Waals surface area contributed by atoms with Crippen molar-refractivity contribution >= 4 is 29.0 Å². The maximum Gasteiger partial charge on any atom is 0.471 e. The fraction of sp³-hybridized carbons (Fsp3) is 0.400. The highest BCUT2D eigenvalue weighted by atomic mass is 19.4. The fourth-order valence-electron chi connectivity index (χ4n) is 2.26. The van der Waals surface area contributed by atoms with Gasteiger partial charge >= 0.3 is 23.8 Å². The highest BCUT2D eigenvalue weighted by Crippen LogP contribution is 2.28. The first-order valence-corrected chi connectivity index (χ1v) is 7.62. The average molecular weight is 388 g/mol. The Hall–Kier alpha value is -3.27. The van der Waals surface area contributed by atoms with Crippen LogP contribution < -0.4 is 4.90 Å². The Balaban J connectivity index is 3.51. The van der Waals surface area contributed by atoms with E-state index < -0.39 is 40.4 Å². The molecular formula is C15H15F3N4O5. The topological polar surface area (TPSA) is 126 Å². The summed E-state index contributed by atoms with van der Waals surface area (Å²) >= 11 is 0. The Morgan fingerprint density at radius 2 is 1.85 bits per heavy atom. The number of anilines is 1. The first-order chi connectivity index (χ1) is 12.6. The molecule has 1 unspecified atom stereocenters. The Bertz CT molecular complexity index is 773. The van der Waals surface area contributed by atoms with Crippen LogP contribution in [-0.2, 0) is 14.3 Å². The molecule has 27 heavy (non-hydrogen) atoms. The maximum atomic E-state index is 13.1. The van der Waals surface area contributed by atoms with E-state index in [1.165, 1.54) is 13.8 Å². The van der Waals surface area contributed by atoms with Crippen molar-refractivity contribution in [2.24, 2.45) is 0 Å². The number of nitrogens with zero attached hydrogens (tertiary/aromatic N) is 4. The predicted octanol–water partition coefficient (Wildman–Crippen LogP) is 2.50. The second kappa shape index (κ2) is 8.90. The van der Waals surface area contributed by atoms with Crippen LogP contribution in [0.15, 0.2) is 24.3 Å². The second-order valence-corrected chi connectivity index (χ2v) is 5.08. The van der Waals surface area contributed by atoms with Crippen LogP contribution in [0, 0.1) is 10.1 Å². The summed E-state index contributed by atoms with van der Waals surface area (Å²) in [4.78, 5) is 36.7. The zero-order chi connectivity index (χ0) is 20.8. The predicted molar refractivity (Wildman–Crippen MR) is 86.0 cm³/mol. The number of halogens is 3. The van der Waals surface area contributed by atoms with Gasteiger partial charge in [0, 0.05) is 17.8 Å². The summed E-state index contributed by atoms with van der Waals surface area (Å²) in [6.07, 6.45) is -5.55. The Morgan fingerprint density at radius 3 is 2.22 bits per heavy atom. The number of nitro groups is 1. The van der Waals surface area contributed by atoms with Gasteiger partial charge in [0.05, 0.1) is 11.5 Å². The highest BCUT2D eigenvalue weighted by molar-refractivity contribution is 6.37. The van der Waals surface area contributed by atoms with E-state index in [0.29, 0.717) is 0 Å². The van der Waals surface area contributed by atoms with E-state index >= 15 is 0 Å². The number of carbonyl (C=O) groups is 2. The lowest BCUT2D eigenvalue weighted by molar-refractivity contribution is -0.384. The molecule has 1 aromatic rings. The van der Waals surface area contributed by atoms with Crippen molar-refractivity contribution in [3.8, 4) is 0 Å². The zero-order valence-electron chi connectivity index (χ0n) is 14.3. The molecule has 146 valence electrons. The van der Waals surface area contributed by atoms with Crippen molar-refractivity contribution < 1.29 is 37.2 Å². The van der Waals surface area contributed by atoms with Gasteiger partial charge in [-0.1, -0.05) is 6.92 Å². The minimum atomic E-state index is -5.32. The van der Waals surface area contributed by atoms with Gasteiger partial charge in [-0.05, 0) is 25.5 Å². The molecule has 0 radical (unpaired) electrons. The number of esters is 1. The first-order valence-electron chi connectivity index (χ1n) is 7.62. The smallest absolute Gasteiger partial charge is 0.457 e. The van der Waals surface area contributed by atoms with Crippen LogP contribution in [0.25, 0.3) is 5.53 Å². The number of benzene rings is 1. The number of hydrogen-bond donors (Lipinski definition) is 0. The molecule has 1 amide bonds. The molecule has 12 heteroatoms. The summed E-state index contributed by atoms with van der Waals surface area (Å²) in [5, 5.41) is 10.7. The standard InChI is InChI=1S/C15H15F3N4O5/c1-3-11(12(20-19)13(23)27-4-2)21(14(24)15(16,17)18)9-5-7-10(8-6-9)22(25)26/h5-8,11H,3-4H2,1-2H3. The normalized spacial score (nSPS) is 11.9. The van der Waals surface area contributed by atoms with Crippen LogP contribution in [0.1, 0.15) is 20.3 Å². The van der Waals surface area contributed by atoms with Gasteiger partial charge in [-0.2, -0.15) is 18.0 Å². The van der Waals surface area contributed by atoms with Gasteiger partial charge in [0.25, 0.3) is 5.69 Å². The molecular weight excluding hydrogens is 373 g/mol. The fourth-order valence-corrected chi connectivity index (χ4v) is 2.26. The van der Waals surface area contributed by atoms with Gasteiger partial charge in [-0.25, -0.2) is 4.79 Å². The molecule has 0 fully saturated rings. The van der Waals surface area contributed by atoms with Gasteiger partial charge in [0.1, 0.15) is 6.04 Å². The van der Waals surface area contributed by atoms with Gasteiger partial charge in [-0.15, -0.1) is 0 Å². The lowest BCUT2D eigenvalue weighted by atomic mass is 10.1. The summed E-state index contributed by atoms with van der Waals surface area (Å²) in [5.41, 5.74) is 7.51. The molecule has 1 atom stereocenters. The minimum absolute atomic E-state index is 0.140. The molecule has 0 saturated carbocycles. The molecule has 0 spiro atoms. The summed E-state index contributed by atoms with van der Waals surface area (Å²) in [5.74, 6) is -3.54. The van der Waals surface area contributed by atoms with Gasteiger partial charge < -0.3 is 10.3 Å². The first kappa shape index (κ1) is 21.8. The van der Waals surface area contributed by atoms with Crippen LogP contribution in [0.2, 0.25) is 0 Å². The third kappa shape index (κ3) is 5.11. The third-order valence-electron chi connectivity index (χ3n) is 3.41. The van der Waals surface area contributed by atoms with Crippen molar-refractivity contribution in [1.82, 2.24) is 0 Å². The van der Waals surface area contributed by atoms with Crippen LogP contribution in [0.5, 0.6) is 0 Å². The molecule has 0 aliphatic rings. The third-order valence-corrected chi connectivity index (χ3v) is 3.41. The largest absolute Gasteiger partial charge is 0.471 e. The molecule has 0 saturated heterocycles. The van der Waals surface area contributed by atoms with E-state index in [1.54, 1.807) is 0 Å². The number of amides is 1. The molecule has 1 aromatic carbocycles. The molecule has 1 rings (SSSR count). The lowest BCUT2D eigenvalue weighted by Gasteiger charge is -2.28.